The molecule has 0 spiro atoms. The van der Waals surface area contributed by atoms with Gasteiger partial charge in [0.2, 0.25) is 0 Å². The van der Waals surface area contributed by atoms with E-state index >= 15 is 0 Å². The lowest BCUT2D eigenvalue weighted by Gasteiger charge is -2.25. The maximum atomic E-state index is 11.9. The first-order chi connectivity index (χ1) is 11.3. The van der Waals surface area contributed by atoms with E-state index in [1.165, 1.54) is 22.7 Å². The molecule has 0 saturated heterocycles. The van der Waals surface area contributed by atoms with Crippen LogP contribution in [0.15, 0.2) is 47.5 Å². The molecule has 4 nitrogen and oxygen atoms in total. The van der Waals surface area contributed by atoms with Crippen molar-refractivity contribution >= 4 is 10.8 Å². The third-order valence-electron chi connectivity index (χ3n) is 4.76. The molecule has 0 radical (unpaired) electrons. The van der Waals surface area contributed by atoms with Crippen molar-refractivity contribution in [2.75, 3.05) is 7.11 Å². The number of hydrogen-bond acceptors (Lipinski definition) is 3. The predicted octanol–water partition coefficient (Wildman–Crippen LogP) is 3.20. The van der Waals surface area contributed by atoms with Gasteiger partial charge in [-0.15, -0.1) is 0 Å². The summed E-state index contributed by atoms with van der Waals surface area (Å²) in [5, 5.41) is 2.44. The van der Waals surface area contributed by atoms with Gasteiger partial charge in [-0.25, -0.2) is 4.98 Å². The van der Waals surface area contributed by atoms with Gasteiger partial charge >= 0.3 is 0 Å². The van der Waals surface area contributed by atoms with Gasteiger partial charge in [-0.2, -0.15) is 0 Å². The Morgan fingerprint density at radius 3 is 3.00 bits per heavy atom. The zero-order valence-corrected chi connectivity index (χ0v) is 13.0. The highest BCUT2D eigenvalue weighted by molar-refractivity contribution is 5.87. The molecule has 3 aromatic rings. The van der Waals surface area contributed by atoms with Crippen LogP contribution in [0.2, 0.25) is 0 Å². The molecule has 0 amide bonds. The second-order valence-electron chi connectivity index (χ2n) is 6.03. The lowest BCUT2D eigenvalue weighted by molar-refractivity contribution is 0.414. The predicted molar refractivity (Wildman–Crippen MR) is 90.1 cm³/mol. The van der Waals surface area contributed by atoms with E-state index in [0.717, 1.165) is 36.3 Å². The molecule has 0 bridgehead atoms. The summed E-state index contributed by atoms with van der Waals surface area (Å²) in [4.78, 5) is 19.0. The van der Waals surface area contributed by atoms with Crippen LogP contribution >= 0.6 is 0 Å². The minimum Gasteiger partial charge on any atom is -0.497 e. The molecule has 4 heteroatoms. The van der Waals surface area contributed by atoms with Crippen molar-refractivity contribution in [1.82, 2.24) is 9.97 Å². The molecular weight excluding hydrogens is 288 g/mol. The first-order valence-electron chi connectivity index (χ1n) is 7.88. The lowest BCUT2D eigenvalue weighted by atomic mass is 9.81. The smallest absolute Gasteiger partial charge is 0.254 e. The molecule has 0 fully saturated rings. The molecule has 0 saturated carbocycles. The normalized spacial score (nSPS) is 17.0. The van der Waals surface area contributed by atoms with Crippen molar-refractivity contribution in [3.63, 3.8) is 0 Å². The number of benzene rings is 2. The summed E-state index contributed by atoms with van der Waals surface area (Å²) in [5.41, 5.74) is 3.06. The first-order valence-corrected chi connectivity index (χ1v) is 7.88. The third-order valence-corrected chi connectivity index (χ3v) is 4.76. The highest BCUT2D eigenvalue weighted by Gasteiger charge is 2.24. The third kappa shape index (κ3) is 2.40. The molecule has 1 unspecified atom stereocenters. The number of H-pyrrole nitrogens is 1. The number of rotatable bonds is 2. The molecule has 1 aromatic heterocycles. The number of aromatic nitrogens is 2. The molecule has 23 heavy (non-hydrogen) atoms. The Morgan fingerprint density at radius 2 is 2.13 bits per heavy atom. The van der Waals surface area contributed by atoms with Crippen LogP contribution in [0.5, 0.6) is 5.75 Å². The maximum Gasteiger partial charge on any atom is 0.254 e. The molecule has 116 valence electrons. The van der Waals surface area contributed by atoms with Gasteiger partial charge in [-0.3, -0.25) is 4.79 Å². The van der Waals surface area contributed by atoms with Crippen LogP contribution in [0.3, 0.4) is 0 Å². The average molecular weight is 306 g/mol. The SMILES string of the molecule is COc1cc(C2CCc3c(nc[nH]c3=O)C2)c2ccccc2c1. The summed E-state index contributed by atoms with van der Waals surface area (Å²) in [7, 11) is 1.70. The van der Waals surface area contributed by atoms with Crippen LogP contribution in [0, 0.1) is 0 Å². The van der Waals surface area contributed by atoms with Crippen LogP contribution in [0.4, 0.5) is 0 Å². The van der Waals surface area contributed by atoms with Gasteiger partial charge in [-0.1, -0.05) is 24.3 Å². The summed E-state index contributed by atoms with van der Waals surface area (Å²) < 4.78 is 5.47. The summed E-state index contributed by atoms with van der Waals surface area (Å²) >= 11 is 0. The Kier molecular flexibility index (Phi) is 3.37. The number of nitrogens with one attached hydrogen (secondary N) is 1. The summed E-state index contributed by atoms with van der Waals surface area (Å²) in [6.07, 6.45) is 4.04. The molecule has 4 rings (SSSR count). The van der Waals surface area contributed by atoms with Crippen molar-refractivity contribution in [2.24, 2.45) is 0 Å². The fourth-order valence-corrected chi connectivity index (χ4v) is 3.59. The van der Waals surface area contributed by atoms with Gasteiger partial charge in [0.15, 0.2) is 0 Å². The number of ether oxygens (including phenoxy) is 1. The molecule has 1 aliphatic carbocycles. The molecule has 2 aromatic carbocycles. The van der Waals surface area contributed by atoms with Gasteiger partial charge in [0.05, 0.1) is 19.1 Å². The van der Waals surface area contributed by atoms with Crippen LogP contribution in [-0.2, 0) is 12.8 Å². The Labute approximate surface area is 134 Å². The topological polar surface area (TPSA) is 55.0 Å². The number of hydrogen-bond donors (Lipinski definition) is 1. The minimum absolute atomic E-state index is 0.00366. The summed E-state index contributed by atoms with van der Waals surface area (Å²) in [6.45, 7) is 0. The van der Waals surface area contributed by atoms with Crippen molar-refractivity contribution < 1.29 is 4.74 Å². The fourth-order valence-electron chi connectivity index (χ4n) is 3.59. The van der Waals surface area contributed by atoms with Crippen molar-refractivity contribution in [1.29, 1.82) is 0 Å². The molecule has 1 N–H and O–H groups in total. The van der Waals surface area contributed by atoms with E-state index in [0.29, 0.717) is 5.92 Å². The Morgan fingerprint density at radius 1 is 1.26 bits per heavy atom. The highest BCUT2D eigenvalue weighted by Crippen LogP contribution is 2.36. The number of fused-ring (bicyclic) bond motifs is 2. The number of nitrogens with zero attached hydrogens (tertiary/aromatic N) is 1. The lowest BCUT2D eigenvalue weighted by Crippen LogP contribution is -2.23. The monoisotopic (exact) mass is 306 g/mol. The van der Waals surface area contributed by atoms with Crippen LogP contribution in [0.1, 0.15) is 29.2 Å². The summed E-state index contributed by atoms with van der Waals surface area (Å²) in [5.74, 6) is 1.24. The second kappa shape index (κ2) is 5.54. The molecule has 1 aliphatic rings. The van der Waals surface area contributed by atoms with E-state index < -0.39 is 0 Å². The van der Waals surface area contributed by atoms with Gasteiger partial charge < -0.3 is 9.72 Å². The van der Waals surface area contributed by atoms with Crippen LogP contribution < -0.4 is 10.3 Å². The van der Waals surface area contributed by atoms with Crippen molar-refractivity contribution in [3.8, 4) is 5.75 Å². The molecule has 1 heterocycles. The highest BCUT2D eigenvalue weighted by atomic mass is 16.5. The van der Waals surface area contributed by atoms with Crippen molar-refractivity contribution in [2.45, 2.75) is 25.2 Å². The largest absolute Gasteiger partial charge is 0.497 e. The van der Waals surface area contributed by atoms with E-state index in [1.807, 2.05) is 6.07 Å². The van der Waals surface area contributed by atoms with E-state index in [-0.39, 0.29) is 5.56 Å². The van der Waals surface area contributed by atoms with Gasteiger partial charge in [0.1, 0.15) is 5.75 Å². The minimum atomic E-state index is 0.00366. The van der Waals surface area contributed by atoms with Crippen LogP contribution in [0.25, 0.3) is 10.8 Å². The van der Waals surface area contributed by atoms with Crippen molar-refractivity contribution in [3.05, 3.63) is 69.9 Å². The van der Waals surface area contributed by atoms with E-state index in [9.17, 15) is 4.79 Å². The first kappa shape index (κ1) is 14.0. The number of methoxy groups -OCH3 is 1. The number of aromatic amines is 1. The Bertz CT molecular complexity index is 930. The Hall–Kier alpha value is -2.62. The second-order valence-corrected chi connectivity index (χ2v) is 6.03. The Balaban J connectivity index is 1.82. The molecule has 0 aliphatic heterocycles. The average Bonchev–Trinajstić information content (AvgIpc) is 2.60. The quantitative estimate of drug-likeness (QED) is 0.791. The zero-order chi connectivity index (χ0) is 15.8. The van der Waals surface area contributed by atoms with Gasteiger partial charge in [-0.05, 0) is 53.6 Å². The van der Waals surface area contributed by atoms with Gasteiger partial charge in [0, 0.05) is 5.56 Å². The van der Waals surface area contributed by atoms with E-state index in [4.69, 9.17) is 4.74 Å². The standard InChI is InChI=1S/C19H18N2O2/c1-23-14-8-12-4-2-3-5-15(12)17(10-14)13-6-7-16-18(9-13)20-11-21-19(16)22/h2-5,8,10-11,13H,6-7,9H2,1H3,(H,20,21,22). The van der Waals surface area contributed by atoms with E-state index in [2.05, 4.69) is 40.3 Å². The zero-order valence-electron chi connectivity index (χ0n) is 13.0. The maximum absolute atomic E-state index is 11.9. The van der Waals surface area contributed by atoms with Crippen LogP contribution in [-0.4, -0.2) is 17.1 Å². The fraction of sp³-hybridized carbons (Fsp3) is 0.263. The molecule has 1 atom stereocenters. The molecular formula is C19H18N2O2. The summed E-state index contributed by atoms with van der Waals surface area (Å²) in [6, 6.07) is 12.6. The van der Waals surface area contributed by atoms with Gasteiger partial charge in [0.25, 0.3) is 5.56 Å². The van der Waals surface area contributed by atoms with E-state index in [1.54, 1.807) is 7.11 Å².